The van der Waals surface area contributed by atoms with Gasteiger partial charge in [-0.05, 0) is 13.8 Å². The molecule has 1 fully saturated rings. The first-order chi connectivity index (χ1) is 7.03. The highest BCUT2D eigenvalue weighted by Crippen LogP contribution is 2.16. The lowest BCUT2D eigenvalue weighted by Gasteiger charge is -2.35. The minimum Gasteiger partial charge on any atom is -0.359 e. The van der Waals surface area contributed by atoms with Gasteiger partial charge in [-0.25, -0.2) is 0 Å². The van der Waals surface area contributed by atoms with Crippen LogP contribution in [0.1, 0.15) is 20.3 Å². The van der Waals surface area contributed by atoms with E-state index in [0.717, 1.165) is 0 Å². The summed E-state index contributed by atoms with van der Waals surface area (Å²) in [4.78, 5) is 10.9. The van der Waals surface area contributed by atoms with Crippen molar-refractivity contribution in [3.63, 3.8) is 0 Å². The van der Waals surface area contributed by atoms with E-state index in [1.165, 1.54) is 0 Å². The summed E-state index contributed by atoms with van der Waals surface area (Å²) >= 11 is 0. The third kappa shape index (κ3) is 4.59. The van der Waals surface area contributed by atoms with Crippen LogP contribution in [-0.2, 0) is 14.3 Å². The Balaban J connectivity index is 2.11. The molecule has 2 N–H and O–H groups in total. The standard InChI is InChI=1S/C10H20N2O3/c1-10(2)14-6-8(7-15-10)12-5-4-9(13)11-3/h8,12H,4-7H2,1-3H3,(H,11,13). The van der Waals surface area contributed by atoms with Crippen LogP contribution >= 0.6 is 0 Å². The molecule has 1 amide bonds. The van der Waals surface area contributed by atoms with Crippen molar-refractivity contribution in [3.8, 4) is 0 Å². The highest BCUT2D eigenvalue weighted by molar-refractivity contribution is 5.75. The zero-order valence-corrected chi connectivity index (χ0v) is 9.63. The van der Waals surface area contributed by atoms with Crippen LogP contribution in [0, 0.1) is 0 Å². The van der Waals surface area contributed by atoms with Crippen LogP contribution in [0.5, 0.6) is 0 Å². The van der Waals surface area contributed by atoms with Gasteiger partial charge in [-0.15, -0.1) is 0 Å². The first-order valence-electron chi connectivity index (χ1n) is 5.25. The van der Waals surface area contributed by atoms with E-state index >= 15 is 0 Å². The quantitative estimate of drug-likeness (QED) is 0.687. The molecule has 0 aromatic carbocycles. The van der Waals surface area contributed by atoms with Crippen molar-refractivity contribution >= 4 is 5.91 Å². The predicted octanol–water partition coefficient (Wildman–Crippen LogP) is -0.136. The Kier molecular flexibility index (Phi) is 4.50. The predicted molar refractivity (Wildman–Crippen MR) is 56.5 cm³/mol. The van der Waals surface area contributed by atoms with E-state index < -0.39 is 5.79 Å². The third-order valence-corrected chi connectivity index (χ3v) is 2.33. The average molecular weight is 216 g/mol. The fourth-order valence-corrected chi connectivity index (χ4v) is 1.33. The van der Waals surface area contributed by atoms with Crippen LogP contribution < -0.4 is 10.6 Å². The van der Waals surface area contributed by atoms with Crippen LogP contribution in [0.15, 0.2) is 0 Å². The van der Waals surface area contributed by atoms with E-state index in [1.54, 1.807) is 7.05 Å². The van der Waals surface area contributed by atoms with Crippen molar-refractivity contribution in [1.29, 1.82) is 0 Å². The Bertz CT molecular complexity index is 209. The van der Waals surface area contributed by atoms with Gasteiger partial charge in [-0.2, -0.15) is 0 Å². The van der Waals surface area contributed by atoms with E-state index in [2.05, 4.69) is 10.6 Å². The molecule has 0 atom stereocenters. The van der Waals surface area contributed by atoms with Crippen molar-refractivity contribution in [2.45, 2.75) is 32.1 Å². The second-order valence-corrected chi connectivity index (χ2v) is 4.10. The Morgan fingerprint density at radius 3 is 2.53 bits per heavy atom. The summed E-state index contributed by atoms with van der Waals surface area (Å²) in [7, 11) is 1.64. The number of amides is 1. The minimum absolute atomic E-state index is 0.0421. The van der Waals surface area contributed by atoms with Crippen molar-refractivity contribution < 1.29 is 14.3 Å². The van der Waals surface area contributed by atoms with E-state index in [4.69, 9.17) is 9.47 Å². The molecule has 5 nitrogen and oxygen atoms in total. The van der Waals surface area contributed by atoms with Crippen LogP contribution in [0.2, 0.25) is 0 Å². The number of ether oxygens (including phenoxy) is 2. The summed E-state index contributed by atoms with van der Waals surface area (Å²) in [5, 5.41) is 5.79. The van der Waals surface area contributed by atoms with E-state index in [-0.39, 0.29) is 11.9 Å². The second kappa shape index (κ2) is 5.44. The largest absolute Gasteiger partial charge is 0.359 e. The topological polar surface area (TPSA) is 59.6 Å². The Labute approximate surface area is 90.5 Å². The number of carbonyl (C=O) groups is 1. The molecule has 1 aliphatic rings. The van der Waals surface area contributed by atoms with Gasteiger partial charge in [0.25, 0.3) is 0 Å². The molecule has 0 saturated carbocycles. The van der Waals surface area contributed by atoms with Gasteiger partial charge < -0.3 is 20.1 Å². The summed E-state index contributed by atoms with van der Waals surface area (Å²) in [6.07, 6.45) is 0.483. The molecule has 15 heavy (non-hydrogen) atoms. The van der Waals surface area contributed by atoms with Crippen molar-refractivity contribution in [3.05, 3.63) is 0 Å². The number of hydrogen-bond donors (Lipinski definition) is 2. The number of rotatable bonds is 4. The molecule has 1 rings (SSSR count). The molecule has 0 aliphatic carbocycles. The lowest BCUT2D eigenvalue weighted by Crippen LogP contribution is -2.49. The molecule has 0 aromatic rings. The normalized spacial score (nSPS) is 21.3. The Morgan fingerprint density at radius 2 is 2.00 bits per heavy atom. The summed E-state index contributed by atoms with van der Waals surface area (Å²) in [6.45, 7) is 5.69. The molecule has 88 valence electrons. The maximum absolute atomic E-state index is 10.9. The van der Waals surface area contributed by atoms with Crippen molar-refractivity contribution in [1.82, 2.24) is 10.6 Å². The molecule has 0 radical (unpaired) electrons. The molecule has 1 saturated heterocycles. The second-order valence-electron chi connectivity index (χ2n) is 4.10. The molecular formula is C10H20N2O3. The van der Waals surface area contributed by atoms with Gasteiger partial charge >= 0.3 is 0 Å². The molecule has 1 heterocycles. The van der Waals surface area contributed by atoms with Crippen LogP contribution in [0.3, 0.4) is 0 Å². The lowest BCUT2D eigenvalue weighted by molar-refractivity contribution is -0.252. The molecular weight excluding hydrogens is 196 g/mol. The highest BCUT2D eigenvalue weighted by Gasteiger charge is 2.27. The minimum atomic E-state index is -0.473. The molecule has 0 bridgehead atoms. The summed E-state index contributed by atoms with van der Waals surface area (Å²) < 4.78 is 11.0. The first-order valence-corrected chi connectivity index (χ1v) is 5.25. The SMILES string of the molecule is CNC(=O)CCNC1COC(C)(C)OC1. The van der Waals surface area contributed by atoms with E-state index in [9.17, 15) is 4.79 Å². The zero-order valence-electron chi connectivity index (χ0n) is 9.63. The van der Waals surface area contributed by atoms with E-state index in [0.29, 0.717) is 26.2 Å². The van der Waals surface area contributed by atoms with Gasteiger partial charge in [0.15, 0.2) is 5.79 Å². The first kappa shape index (κ1) is 12.4. The van der Waals surface area contributed by atoms with Crippen molar-refractivity contribution in [2.75, 3.05) is 26.8 Å². The average Bonchev–Trinajstić information content (AvgIpc) is 2.20. The summed E-state index contributed by atoms with van der Waals surface area (Å²) in [6, 6.07) is 0.183. The maximum atomic E-state index is 10.9. The monoisotopic (exact) mass is 216 g/mol. The van der Waals surface area contributed by atoms with Crippen LogP contribution in [-0.4, -0.2) is 44.5 Å². The molecule has 1 aliphatic heterocycles. The molecule has 0 unspecified atom stereocenters. The smallest absolute Gasteiger partial charge is 0.221 e. The van der Waals surface area contributed by atoms with Crippen molar-refractivity contribution in [2.24, 2.45) is 0 Å². The van der Waals surface area contributed by atoms with Gasteiger partial charge in [0.05, 0.1) is 19.3 Å². The highest BCUT2D eigenvalue weighted by atomic mass is 16.7. The fourth-order valence-electron chi connectivity index (χ4n) is 1.33. The van der Waals surface area contributed by atoms with Gasteiger partial charge in [0.2, 0.25) is 5.91 Å². The Morgan fingerprint density at radius 1 is 1.40 bits per heavy atom. The van der Waals surface area contributed by atoms with Gasteiger partial charge in [0.1, 0.15) is 0 Å². The summed E-state index contributed by atoms with van der Waals surface area (Å²) in [5.41, 5.74) is 0. The third-order valence-electron chi connectivity index (χ3n) is 2.33. The molecule has 5 heteroatoms. The molecule has 0 aromatic heterocycles. The number of hydrogen-bond acceptors (Lipinski definition) is 4. The maximum Gasteiger partial charge on any atom is 0.221 e. The van der Waals surface area contributed by atoms with Crippen LogP contribution in [0.4, 0.5) is 0 Å². The van der Waals surface area contributed by atoms with Gasteiger partial charge in [-0.1, -0.05) is 0 Å². The fraction of sp³-hybridized carbons (Fsp3) is 0.900. The van der Waals surface area contributed by atoms with E-state index in [1.807, 2.05) is 13.8 Å². The molecule has 0 spiro atoms. The number of nitrogens with one attached hydrogen (secondary N) is 2. The van der Waals surface area contributed by atoms with Gasteiger partial charge in [0, 0.05) is 20.0 Å². The van der Waals surface area contributed by atoms with Gasteiger partial charge in [-0.3, -0.25) is 4.79 Å². The summed E-state index contributed by atoms with van der Waals surface area (Å²) in [5.74, 6) is -0.431. The lowest BCUT2D eigenvalue weighted by atomic mass is 10.2. The Hall–Kier alpha value is -0.650. The number of carbonyl (C=O) groups excluding carboxylic acids is 1. The zero-order chi connectivity index (χ0) is 11.3. The van der Waals surface area contributed by atoms with Crippen LogP contribution in [0.25, 0.3) is 0 Å².